The molecule has 1 amide bonds. The Bertz CT molecular complexity index is 164. The molecule has 0 atom stereocenters. The third-order valence-electron chi connectivity index (χ3n) is 0.918. The molecule has 0 rings (SSSR count). The first-order chi connectivity index (χ1) is 4.90. The van der Waals surface area contributed by atoms with E-state index in [9.17, 15) is 9.59 Å². The zero-order valence-electron chi connectivity index (χ0n) is 6.37. The monoisotopic (exact) mass is 161 g/mol. The van der Waals surface area contributed by atoms with Crippen LogP contribution in [0.15, 0.2) is 0 Å². The van der Waals surface area contributed by atoms with E-state index in [0.717, 1.165) is 0 Å². The van der Waals surface area contributed by atoms with E-state index >= 15 is 0 Å². The molecule has 0 unspecified atom stereocenters. The molecule has 64 valence electrons. The minimum absolute atomic E-state index is 0.231. The lowest BCUT2D eigenvalue weighted by atomic mass is 10.2. The average molecular weight is 161 g/mol. The highest BCUT2D eigenvalue weighted by Gasteiger charge is 2.32. The van der Waals surface area contributed by atoms with Crippen molar-refractivity contribution in [2.45, 2.75) is 25.7 Å². The summed E-state index contributed by atoms with van der Waals surface area (Å²) in [5.41, 5.74) is 0. The van der Waals surface area contributed by atoms with E-state index in [1.54, 1.807) is 13.8 Å². The van der Waals surface area contributed by atoms with Crippen LogP contribution in [0.3, 0.4) is 0 Å². The lowest BCUT2D eigenvalue weighted by Crippen LogP contribution is -2.50. The van der Waals surface area contributed by atoms with E-state index in [2.05, 4.69) is 5.32 Å². The van der Waals surface area contributed by atoms with Crippen LogP contribution in [0.2, 0.25) is 0 Å². The van der Waals surface area contributed by atoms with E-state index in [4.69, 9.17) is 10.2 Å². The molecule has 0 aromatic rings. The van der Waals surface area contributed by atoms with E-state index in [-0.39, 0.29) is 12.3 Å². The smallest absolute Gasteiger partial charge is 0.303 e. The molecule has 5 heteroatoms. The fraction of sp³-hybridized carbons (Fsp3) is 0.667. The molecule has 0 fully saturated rings. The van der Waals surface area contributed by atoms with Crippen molar-refractivity contribution in [2.75, 3.05) is 0 Å². The van der Waals surface area contributed by atoms with Gasteiger partial charge >= 0.3 is 5.79 Å². The lowest BCUT2D eigenvalue weighted by Gasteiger charge is -2.15. The average Bonchev–Trinajstić information content (AvgIpc) is 1.86. The van der Waals surface area contributed by atoms with Gasteiger partial charge in [0, 0.05) is 6.04 Å². The topological polar surface area (TPSA) is 86.6 Å². The van der Waals surface area contributed by atoms with Gasteiger partial charge in [-0.2, -0.15) is 0 Å². The number of aliphatic hydroxyl groups is 2. The molecular formula is C6H11NO4. The fourth-order valence-electron chi connectivity index (χ4n) is 0.422. The van der Waals surface area contributed by atoms with Crippen molar-refractivity contribution in [3.05, 3.63) is 0 Å². The SMILES string of the molecule is CC(C)NC(=O)C(O)(O)C=O. The number of aldehydes is 1. The molecule has 0 saturated carbocycles. The van der Waals surface area contributed by atoms with Gasteiger partial charge in [-0.25, -0.2) is 0 Å². The van der Waals surface area contributed by atoms with Gasteiger partial charge in [0.25, 0.3) is 5.91 Å². The Morgan fingerprint density at radius 3 is 2.27 bits per heavy atom. The molecule has 0 aliphatic heterocycles. The van der Waals surface area contributed by atoms with Crippen LogP contribution in [-0.2, 0) is 9.59 Å². The van der Waals surface area contributed by atoms with Crippen LogP contribution in [0.1, 0.15) is 13.8 Å². The van der Waals surface area contributed by atoms with Gasteiger partial charge in [0.15, 0.2) is 6.29 Å². The molecule has 11 heavy (non-hydrogen) atoms. The molecule has 0 aliphatic rings. The van der Waals surface area contributed by atoms with Gasteiger partial charge in [0.05, 0.1) is 0 Å². The van der Waals surface area contributed by atoms with E-state index in [1.165, 1.54) is 0 Å². The van der Waals surface area contributed by atoms with Gasteiger partial charge in [-0.05, 0) is 13.8 Å². The third-order valence-corrected chi connectivity index (χ3v) is 0.918. The highest BCUT2D eigenvalue weighted by Crippen LogP contribution is 1.94. The largest absolute Gasteiger partial charge is 0.353 e. The van der Waals surface area contributed by atoms with Crippen LogP contribution in [0.5, 0.6) is 0 Å². The highest BCUT2D eigenvalue weighted by molar-refractivity contribution is 5.97. The number of carbonyl (C=O) groups is 2. The van der Waals surface area contributed by atoms with Crippen molar-refractivity contribution in [3.63, 3.8) is 0 Å². The summed E-state index contributed by atoms with van der Waals surface area (Å²) in [4.78, 5) is 20.6. The Hall–Kier alpha value is -0.940. The van der Waals surface area contributed by atoms with E-state index in [0.29, 0.717) is 0 Å². The van der Waals surface area contributed by atoms with Crippen LogP contribution < -0.4 is 5.32 Å². The molecule has 0 aromatic carbocycles. The molecule has 0 heterocycles. The second-order valence-electron chi connectivity index (χ2n) is 2.47. The van der Waals surface area contributed by atoms with Crippen molar-refractivity contribution < 1.29 is 19.8 Å². The summed E-state index contributed by atoms with van der Waals surface area (Å²) in [6.45, 7) is 3.28. The van der Waals surface area contributed by atoms with Crippen molar-refractivity contribution >= 4 is 12.2 Å². The molecule has 0 aromatic heterocycles. The normalized spacial score (nSPS) is 11.4. The van der Waals surface area contributed by atoms with Gasteiger partial charge in [-0.3, -0.25) is 9.59 Å². The Kier molecular flexibility index (Phi) is 3.16. The maximum atomic E-state index is 10.7. The molecule has 0 radical (unpaired) electrons. The van der Waals surface area contributed by atoms with Crippen molar-refractivity contribution in [1.29, 1.82) is 0 Å². The van der Waals surface area contributed by atoms with Gasteiger partial charge in [-0.15, -0.1) is 0 Å². The van der Waals surface area contributed by atoms with Gasteiger partial charge in [0.2, 0.25) is 0 Å². The summed E-state index contributed by atoms with van der Waals surface area (Å²) in [5, 5.41) is 19.4. The summed E-state index contributed by atoms with van der Waals surface area (Å²) in [6, 6.07) is -0.235. The highest BCUT2D eigenvalue weighted by atomic mass is 16.5. The minimum atomic E-state index is -2.90. The van der Waals surface area contributed by atoms with E-state index in [1.807, 2.05) is 0 Å². The summed E-state index contributed by atoms with van der Waals surface area (Å²) in [6.07, 6.45) is -0.231. The number of rotatable bonds is 3. The predicted octanol–water partition coefficient (Wildman–Crippen LogP) is -1.61. The minimum Gasteiger partial charge on any atom is -0.353 e. The maximum absolute atomic E-state index is 10.7. The molecule has 5 nitrogen and oxygen atoms in total. The Balaban J connectivity index is 4.13. The van der Waals surface area contributed by atoms with Crippen molar-refractivity contribution in [3.8, 4) is 0 Å². The van der Waals surface area contributed by atoms with Crippen LogP contribution in [0.25, 0.3) is 0 Å². The lowest BCUT2D eigenvalue weighted by molar-refractivity contribution is -0.182. The molecule has 0 spiro atoms. The van der Waals surface area contributed by atoms with Gasteiger partial charge in [0.1, 0.15) is 0 Å². The van der Waals surface area contributed by atoms with Gasteiger partial charge < -0.3 is 15.5 Å². The second kappa shape index (κ2) is 3.45. The molecule has 0 saturated heterocycles. The number of hydrogen-bond acceptors (Lipinski definition) is 4. The van der Waals surface area contributed by atoms with Crippen LogP contribution in [0.4, 0.5) is 0 Å². The maximum Gasteiger partial charge on any atom is 0.303 e. The number of hydrogen-bond donors (Lipinski definition) is 3. The summed E-state index contributed by atoms with van der Waals surface area (Å²) >= 11 is 0. The predicted molar refractivity (Wildman–Crippen MR) is 36.5 cm³/mol. The fourth-order valence-corrected chi connectivity index (χ4v) is 0.422. The zero-order chi connectivity index (χ0) is 9.07. The molecule has 0 bridgehead atoms. The first-order valence-corrected chi connectivity index (χ1v) is 3.12. The number of nitrogens with one attached hydrogen (secondary N) is 1. The number of carbonyl (C=O) groups excluding carboxylic acids is 2. The molecular weight excluding hydrogens is 150 g/mol. The Morgan fingerprint density at radius 2 is 2.00 bits per heavy atom. The zero-order valence-corrected chi connectivity index (χ0v) is 6.37. The van der Waals surface area contributed by atoms with E-state index < -0.39 is 11.7 Å². The number of amides is 1. The van der Waals surface area contributed by atoms with Crippen LogP contribution in [0, 0.1) is 0 Å². The van der Waals surface area contributed by atoms with Crippen LogP contribution >= 0.6 is 0 Å². The molecule has 0 aliphatic carbocycles. The van der Waals surface area contributed by atoms with Crippen molar-refractivity contribution in [1.82, 2.24) is 5.32 Å². The Labute approximate surface area is 64.0 Å². The first kappa shape index (κ1) is 10.1. The second-order valence-corrected chi connectivity index (χ2v) is 2.47. The Morgan fingerprint density at radius 1 is 1.55 bits per heavy atom. The van der Waals surface area contributed by atoms with Crippen LogP contribution in [-0.4, -0.2) is 34.2 Å². The molecule has 3 N–H and O–H groups in total. The third kappa shape index (κ3) is 3.10. The first-order valence-electron chi connectivity index (χ1n) is 3.12. The van der Waals surface area contributed by atoms with Crippen molar-refractivity contribution in [2.24, 2.45) is 0 Å². The van der Waals surface area contributed by atoms with Gasteiger partial charge in [-0.1, -0.05) is 0 Å². The summed E-state index contributed by atoms with van der Waals surface area (Å²) < 4.78 is 0. The standard InChI is InChI=1S/C6H11NO4/c1-4(2)7-5(9)6(10,11)3-8/h3-4,10-11H,1-2H3,(H,7,9). The summed E-state index contributed by atoms with van der Waals surface area (Å²) in [5.74, 6) is -4.01. The quantitative estimate of drug-likeness (QED) is 0.264. The summed E-state index contributed by atoms with van der Waals surface area (Å²) in [7, 11) is 0.